The molecule has 0 aromatic carbocycles. The van der Waals surface area contributed by atoms with Crippen LogP contribution in [0, 0.1) is 6.92 Å². The van der Waals surface area contributed by atoms with E-state index in [0.29, 0.717) is 15.5 Å². The SMILES string of the molecule is CCN(N(C)C)S(=O)(=O)c1cc(-c2sc(NC(C)=O)nc2C)c(Br)s1. The Morgan fingerprint density at radius 1 is 1.36 bits per heavy atom. The van der Waals surface area contributed by atoms with E-state index in [9.17, 15) is 13.2 Å². The fourth-order valence-electron chi connectivity index (χ4n) is 2.25. The molecule has 1 N–H and O–H groups in total. The smallest absolute Gasteiger partial charge is 0.265 e. The molecule has 2 aromatic heterocycles. The number of aromatic nitrogens is 1. The van der Waals surface area contributed by atoms with E-state index in [4.69, 9.17) is 0 Å². The molecular weight excluding hydrogens is 448 g/mol. The molecule has 0 aliphatic carbocycles. The van der Waals surface area contributed by atoms with Gasteiger partial charge < -0.3 is 5.32 Å². The Labute approximate surface area is 163 Å². The number of halogens is 1. The number of hydrogen-bond donors (Lipinski definition) is 1. The molecule has 1 amide bonds. The molecule has 0 saturated heterocycles. The van der Waals surface area contributed by atoms with Crippen molar-refractivity contribution >= 4 is 59.7 Å². The lowest BCUT2D eigenvalue weighted by molar-refractivity contribution is -0.114. The predicted molar refractivity (Wildman–Crippen MR) is 105 cm³/mol. The number of hydrazine groups is 1. The minimum absolute atomic E-state index is 0.197. The summed E-state index contributed by atoms with van der Waals surface area (Å²) in [5, 5.41) is 4.70. The van der Waals surface area contributed by atoms with Crippen LogP contribution >= 0.6 is 38.6 Å². The average Bonchev–Trinajstić information content (AvgIpc) is 3.01. The van der Waals surface area contributed by atoms with Gasteiger partial charge in [-0.25, -0.2) is 18.4 Å². The van der Waals surface area contributed by atoms with Crippen molar-refractivity contribution in [1.29, 1.82) is 0 Å². The Bertz CT molecular complexity index is 889. The van der Waals surface area contributed by atoms with Gasteiger partial charge in [0.05, 0.1) is 14.4 Å². The van der Waals surface area contributed by atoms with E-state index in [1.54, 1.807) is 32.1 Å². The van der Waals surface area contributed by atoms with Gasteiger partial charge in [0.25, 0.3) is 10.0 Å². The Hall–Kier alpha value is -0.850. The Kier molecular flexibility index (Phi) is 6.39. The van der Waals surface area contributed by atoms with Crippen LogP contribution in [0.3, 0.4) is 0 Å². The molecule has 0 aliphatic rings. The summed E-state index contributed by atoms with van der Waals surface area (Å²) in [5.74, 6) is -0.197. The van der Waals surface area contributed by atoms with Crippen molar-refractivity contribution in [3.63, 3.8) is 0 Å². The highest BCUT2D eigenvalue weighted by Gasteiger charge is 2.29. The Morgan fingerprint density at radius 3 is 2.52 bits per heavy atom. The topological polar surface area (TPSA) is 82.6 Å². The van der Waals surface area contributed by atoms with Crippen molar-refractivity contribution in [2.75, 3.05) is 26.0 Å². The van der Waals surface area contributed by atoms with Crippen LogP contribution in [0.4, 0.5) is 5.13 Å². The normalized spacial score (nSPS) is 12.2. The maximum Gasteiger partial charge on any atom is 0.265 e. The molecule has 2 rings (SSSR count). The summed E-state index contributed by atoms with van der Waals surface area (Å²) in [6.07, 6.45) is 0. The number of carbonyl (C=O) groups excluding carboxylic acids is 1. The van der Waals surface area contributed by atoms with Crippen molar-refractivity contribution in [1.82, 2.24) is 14.4 Å². The van der Waals surface area contributed by atoms with Gasteiger partial charge in [0.1, 0.15) is 4.21 Å². The Morgan fingerprint density at radius 2 is 2.00 bits per heavy atom. The standard InChI is InChI=1S/C14H19BrN4O3S3/c1-6-19(18(4)5)25(21,22)11-7-10(13(15)23-11)12-8(2)16-14(24-12)17-9(3)20/h7H,6H2,1-5H3,(H,16,17,20). The van der Waals surface area contributed by atoms with E-state index in [0.717, 1.165) is 27.5 Å². The molecule has 2 heterocycles. The fourth-order valence-corrected chi connectivity index (χ4v) is 7.44. The largest absolute Gasteiger partial charge is 0.302 e. The summed E-state index contributed by atoms with van der Waals surface area (Å²) in [6, 6.07) is 1.65. The van der Waals surface area contributed by atoms with E-state index in [1.165, 1.54) is 22.7 Å². The zero-order chi connectivity index (χ0) is 18.9. The zero-order valence-electron chi connectivity index (χ0n) is 14.5. The number of thiophene rings is 1. The summed E-state index contributed by atoms with van der Waals surface area (Å²) >= 11 is 5.94. The van der Waals surface area contributed by atoms with Crippen LogP contribution in [-0.2, 0) is 14.8 Å². The molecule has 0 fully saturated rings. The third-order valence-electron chi connectivity index (χ3n) is 3.24. The monoisotopic (exact) mass is 466 g/mol. The van der Waals surface area contributed by atoms with Gasteiger partial charge in [0.15, 0.2) is 5.13 Å². The van der Waals surface area contributed by atoms with Crippen molar-refractivity contribution in [3.05, 3.63) is 15.5 Å². The van der Waals surface area contributed by atoms with E-state index in [1.807, 2.05) is 6.92 Å². The third-order valence-corrected chi connectivity index (χ3v) is 8.62. The molecule has 0 bridgehead atoms. The third kappa shape index (κ3) is 4.29. The Balaban J connectivity index is 2.48. The number of aryl methyl sites for hydroxylation is 1. The number of amides is 1. The quantitative estimate of drug-likeness (QED) is 0.659. The minimum Gasteiger partial charge on any atom is -0.302 e. The molecule has 0 unspecified atom stereocenters. The van der Waals surface area contributed by atoms with Crippen molar-refractivity contribution in [3.8, 4) is 10.4 Å². The van der Waals surface area contributed by atoms with Crippen LogP contribution in [0.1, 0.15) is 19.5 Å². The van der Waals surface area contributed by atoms with Gasteiger partial charge in [-0.2, -0.15) is 0 Å². The predicted octanol–water partition coefficient (Wildman–Crippen LogP) is 3.39. The lowest BCUT2D eigenvalue weighted by Gasteiger charge is -2.25. The van der Waals surface area contributed by atoms with Crippen LogP contribution in [-0.4, -0.2) is 49.4 Å². The zero-order valence-corrected chi connectivity index (χ0v) is 18.5. The second kappa shape index (κ2) is 7.80. The van der Waals surface area contributed by atoms with Gasteiger partial charge in [-0.15, -0.1) is 15.8 Å². The van der Waals surface area contributed by atoms with Gasteiger partial charge in [-0.3, -0.25) is 4.79 Å². The van der Waals surface area contributed by atoms with Crippen LogP contribution in [0.25, 0.3) is 10.4 Å². The average molecular weight is 467 g/mol. The first-order valence-electron chi connectivity index (χ1n) is 7.32. The van der Waals surface area contributed by atoms with E-state index >= 15 is 0 Å². The summed E-state index contributed by atoms with van der Waals surface area (Å²) in [4.78, 5) is 16.3. The number of nitrogens with zero attached hydrogens (tertiary/aromatic N) is 3. The molecule has 2 aromatic rings. The van der Waals surface area contributed by atoms with E-state index < -0.39 is 10.0 Å². The van der Waals surface area contributed by atoms with E-state index in [-0.39, 0.29) is 10.1 Å². The number of nitrogens with one attached hydrogen (secondary N) is 1. The molecule has 25 heavy (non-hydrogen) atoms. The maximum absolute atomic E-state index is 12.8. The molecule has 0 saturated carbocycles. The summed E-state index contributed by atoms with van der Waals surface area (Å²) in [6.45, 7) is 5.37. The molecule has 0 atom stereocenters. The summed E-state index contributed by atoms with van der Waals surface area (Å²) in [5.41, 5.74) is 1.49. The second-order valence-corrected chi connectivity index (χ2v) is 10.8. The molecule has 7 nitrogen and oxygen atoms in total. The van der Waals surface area contributed by atoms with Crippen molar-refractivity contribution < 1.29 is 13.2 Å². The van der Waals surface area contributed by atoms with Crippen LogP contribution in [0.2, 0.25) is 0 Å². The summed E-state index contributed by atoms with van der Waals surface area (Å²) in [7, 11) is -0.239. The van der Waals surface area contributed by atoms with Gasteiger partial charge in [0.2, 0.25) is 5.91 Å². The number of thiazole rings is 1. The molecule has 0 aliphatic heterocycles. The molecule has 0 spiro atoms. The van der Waals surface area contributed by atoms with Gasteiger partial charge in [-0.1, -0.05) is 11.3 Å². The first kappa shape index (κ1) is 20.5. The number of carbonyl (C=O) groups is 1. The highest BCUT2D eigenvalue weighted by atomic mass is 79.9. The lowest BCUT2D eigenvalue weighted by Crippen LogP contribution is -2.41. The highest BCUT2D eigenvalue weighted by molar-refractivity contribution is 9.11. The van der Waals surface area contributed by atoms with Gasteiger partial charge in [0, 0.05) is 33.1 Å². The molecule has 138 valence electrons. The number of anilines is 1. The minimum atomic E-state index is -3.62. The number of hydrogen-bond acceptors (Lipinski definition) is 7. The van der Waals surface area contributed by atoms with Crippen molar-refractivity contribution in [2.24, 2.45) is 0 Å². The number of rotatable bonds is 6. The molecular formula is C14H19BrN4O3S3. The molecule has 0 radical (unpaired) electrons. The number of sulfonamides is 1. The van der Waals surface area contributed by atoms with E-state index in [2.05, 4.69) is 26.2 Å². The van der Waals surface area contributed by atoms with Gasteiger partial charge in [-0.05, 0) is 35.8 Å². The van der Waals surface area contributed by atoms with Crippen LogP contribution in [0.15, 0.2) is 14.1 Å². The van der Waals surface area contributed by atoms with Gasteiger partial charge >= 0.3 is 0 Å². The summed E-state index contributed by atoms with van der Waals surface area (Å²) < 4.78 is 27.9. The van der Waals surface area contributed by atoms with Crippen molar-refractivity contribution in [2.45, 2.75) is 25.0 Å². The highest BCUT2D eigenvalue weighted by Crippen LogP contribution is 2.43. The maximum atomic E-state index is 12.8. The molecule has 11 heteroatoms. The first-order chi connectivity index (χ1) is 11.6. The van der Waals surface area contributed by atoms with Crippen LogP contribution in [0.5, 0.6) is 0 Å². The second-order valence-electron chi connectivity index (χ2n) is 5.36. The van der Waals surface area contributed by atoms with Crippen LogP contribution < -0.4 is 5.32 Å². The first-order valence-corrected chi connectivity index (χ1v) is 11.2. The fraction of sp³-hybridized carbons (Fsp3) is 0.429. The lowest BCUT2D eigenvalue weighted by atomic mass is 10.2.